The van der Waals surface area contributed by atoms with Crippen LogP contribution in [-0.4, -0.2) is 77.3 Å². The maximum atomic E-state index is 11.7. The summed E-state index contributed by atoms with van der Waals surface area (Å²) < 4.78 is 11.4. The van der Waals surface area contributed by atoms with E-state index in [2.05, 4.69) is 21.6 Å². The number of carbonyl (C=O) groups is 2. The number of aromatic nitrogens is 2. The molecule has 1 spiro atoms. The molecule has 0 radical (unpaired) electrons. The fourth-order valence-corrected chi connectivity index (χ4v) is 7.92. The molecule has 4 aromatic rings. The van der Waals surface area contributed by atoms with Crippen LogP contribution in [0.2, 0.25) is 10.0 Å². The van der Waals surface area contributed by atoms with Gasteiger partial charge >= 0.3 is 5.97 Å². The number of carboxylic acids is 1. The van der Waals surface area contributed by atoms with Gasteiger partial charge in [0.25, 0.3) is 0 Å². The molecule has 48 heavy (non-hydrogen) atoms. The lowest BCUT2D eigenvalue weighted by Gasteiger charge is -2.47. The minimum Gasteiger partial charge on any atom is -0.496 e. The number of benzene rings is 3. The Morgan fingerprint density at radius 2 is 1.75 bits per heavy atom. The van der Waals surface area contributed by atoms with Crippen molar-refractivity contribution in [2.45, 2.75) is 43.8 Å². The number of hydrogen-bond acceptors (Lipinski definition) is 8. The Morgan fingerprint density at radius 1 is 1.04 bits per heavy atom. The molecular formula is C36H35Cl2N5O5. The molecule has 0 saturated carbocycles. The third-order valence-electron chi connectivity index (χ3n) is 9.52. The number of fused-ring (bicyclic) bond motifs is 1. The smallest absolute Gasteiger partial charge is 0.317 e. The molecule has 1 aromatic heterocycles. The van der Waals surface area contributed by atoms with E-state index in [9.17, 15) is 9.59 Å². The largest absolute Gasteiger partial charge is 0.496 e. The van der Waals surface area contributed by atoms with Crippen molar-refractivity contribution in [1.82, 2.24) is 25.5 Å². The van der Waals surface area contributed by atoms with Gasteiger partial charge in [0, 0.05) is 54.4 Å². The Labute approximate surface area is 288 Å². The van der Waals surface area contributed by atoms with E-state index in [-0.39, 0.29) is 24.0 Å². The van der Waals surface area contributed by atoms with Crippen LogP contribution in [0.1, 0.15) is 29.7 Å². The highest BCUT2D eigenvalue weighted by Crippen LogP contribution is 2.44. The van der Waals surface area contributed by atoms with Gasteiger partial charge in [-0.3, -0.25) is 19.5 Å². The van der Waals surface area contributed by atoms with Crippen molar-refractivity contribution in [3.8, 4) is 45.1 Å². The summed E-state index contributed by atoms with van der Waals surface area (Å²) >= 11 is 14.2. The zero-order valence-electron chi connectivity index (χ0n) is 26.6. The lowest BCUT2D eigenvalue weighted by molar-refractivity contribution is -0.136. The fraction of sp³-hybridized carbons (Fsp3) is 0.333. The first-order valence-corrected chi connectivity index (χ1v) is 16.6. The summed E-state index contributed by atoms with van der Waals surface area (Å²) in [5, 5.41) is 16.4. The number of amides is 1. The maximum absolute atomic E-state index is 11.7. The highest BCUT2D eigenvalue weighted by atomic mass is 35.5. The molecule has 3 heterocycles. The molecule has 3 aromatic carbocycles. The molecule has 1 atom stereocenters. The van der Waals surface area contributed by atoms with E-state index in [1.165, 1.54) is 0 Å². The van der Waals surface area contributed by atoms with Gasteiger partial charge in [0.15, 0.2) is 0 Å². The first-order valence-electron chi connectivity index (χ1n) is 15.8. The number of likely N-dealkylation sites (tertiary alicyclic amines) is 1. The number of methoxy groups -OCH3 is 2. The monoisotopic (exact) mass is 687 g/mol. The van der Waals surface area contributed by atoms with Crippen LogP contribution in [0.3, 0.4) is 0 Å². The van der Waals surface area contributed by atoms with Crippen LogP contribution in [0.4, 0.5) is 0 Å². The van der Waals surface area contributed by atoms with Crippen molar-refractivity contribution in [3.63, 3.8) is 0 Å². The summed E-state index contributed by atoms with van der Waals surface area (Å²) in [6, 6.07) is 15.7. The average molecular weight is 689 g/mol. The summed E-state index contributed by atoms with van der Waals surface area (Å²) in [4.78, 5) is 34.6. The number of aliphatic carboxylic acids is 1. The molecule has 2 aliphatic heterocycles. The number of hydrogen-bond donors (Lipinski definition) is 3. The minimum atomic E-state index is -0.884. The summed E-state index contributed by atoms with van der Waals surface area (Å²) in [7, 11) is 3.22. The topological polar surface area (TPSA) is 126 Å². The van der Waals surface area contributed by atoms with Crippen molar-refractivity contribution in [2.75, 3.05) is 33.9 Å². The molecule has 248 valence electrons. The Bertz CT molecular complexity index is 1930. The lowest BCUT2D eigenvalue weighted by Crippen LogP contribution is -2.66. The van der Waals surface area contributed by atoms with Crippen LogP contribution < -0.4 is 20.1 Å². The van der Waals surface area contributed by atoms with Crippen LogP contribution in [0.15, 0.2) is 54.7 Å². The lowest BCUT2D eigenvalue weighted by atomic mass is 9.88. The quantitative estimate of drug-likeness (QED) is 0.201. The van der Waals surface area contributed by atoms with E-state index < -0.39 is 5.97 Å². The van der Waals surface area contributed by atoms with E-state index in [0.717, 1.165) is 64.3 Å². The Morgan fingerprint density at radius 3 is 2.42 bits per heavy atom. The van der Waals surface area contributed by atoms with E-state index in [1.807, 2.05) is 42.5 Å². The molecule has 1 unspecified atom stereocenters. The standard InChI is InChI=1S/C36H35Cl2N5O5/c1-47-30-13-21(11-20-12-22(14-27(20)30)39-16-32(45)46)23-5-3-6-24(33(23)37)25-7-4-8-26(34(25)38)28-15-40-29(35(41-28)48-2)17-43-18-36(19-43)10-9-31(44)42-36/h3-8,11,13,15,22,39H,9-10,12,14,16-19H2,1-2H3,(H,42,44)(H,45,46). The number of halogens is 2. The van der Waals surface area contributed by atoms with Crippen LogP contribution >= 0.6 is 23.2 Å². The van der Waals surface area contributed by atoms with Gasteiger partial charge in [0.05, 0.1) is 48.2 Å². The molecule has 7 rings (SSSR count). The first kappa shape index (κ1) is 32.3. The molecule has 12 heteroatoms. The summed E-state index contributed by atoms with van der Waals surface area (Å²) in [6.45, 7) is 2.03. The van der Waals surface area contributed by atoms with Gasteiger partial charge < -0.3 is 25.2 Å². The fourth-order valence-electron chi connectivity index (χ4n) is 7.26. The van der Waals surface area contributed by atoms with E-state index >= 15 is 0 Å². The van der Waals surface area contributed by atoms with Crippen LogP contribution in [0.5, 0.6) is 11.6 Å². The number of nitrogens with one attached hydrogen (secondary N) is 2. The number of rotatable bonds is 10. The van der Waals surface area contributed by atoms with Crippen molar-refractivity contribution < 1.29 is 24.2 Å². The molecule has 3 N–H and O–H groups in total. The average Bonchev–Trinajstić information content (AvgIpc) is 3.67. The van der Waals surface area contributed by atoms with E-state index in [1.54, 1.807) is 20.4 Å². The zero-order chi connectivity index (χ0) is 33.6. The predicted molar refractivity (Wildman–Crippen MR) is 184 cm³/mol. The van der Waals surface area contributed by atoms with Crippen LogP contribution in [0.25, 0.3) is 33.5 Å². The minimum absolute atomic E-state index is 0.0170. The van der Waals surface area contributed by atoms with E-state index in [0.29, 0.717) is 53.0 Å². The molecule has 0 bridgehead atoms. The Balaban J connectivity index is 1.15. The molecule has 10 nitrogen and oxygen atoms in total. The van der Waals surface area contributed by atoms with Gasteiger partial charge in [-0.25, -0.2) is 4.98 Å². The number of carbonyl (C=O) groups excluding carboxylic acids is 1. The normalized spacial score (nSPS) is 18.0. The summed E-state index contributed by atoms with van der Waals surface area (Å²) in [5.41, 5.74) is 7.31. The molecule has 1 aliphatic carbocycles. The first-order chi connectivity index (χ1) is 23.2. The van der Waals surface area contributed by atoms with Gasteiger partial charge in [-0.2, -0.15) is 0 Å². The zero-order valence-corrected chi connectivity index (χ0v) is 28.1. The molecule has 3 aliphatic rings. The molecular weight excluding hydrogens is 653 g/mol. The van der Waals surface area contributed by atoms with Crippen LogP contribution in [-0.2, 0) is 29.0 Å². The SMILES string of the molecule is COc1cc(-c2cccc(-c3cccc(-c4cnc(CN5CC6(CCC(=O)N6)C5)c(OC)n4)c3Cl)c2Cl)cc2c1CC(NCC(=O)O)C2. The summed E-state index contributed by atoms with van der Waals surface area (Å²) in [6.07, 6.45) is 4.54. The third kappa shape index (κ3) is 6.09. The second-order valence-corrected chi connectivity index (χ2v) is 13.5. The second-order valence-electron chi connectivity index (χ2n) is 12.7. The van der Waals surface area contributed by atoms with Gasteiger partial charge in [-0.05, 0) is 42.0 Å². The maximum Gasteiger partial charge on any atom is 0.317 e. The summed E-state index contributed by atoms with van der Waals surface area (Å²) in [5.74, 6) is 0.412. The van der Waals surface area contributed by atoms with Gasteiger partial charge in [-0.1, -0.05) is 65.7 Å². The van der Waals surface area contributed by atoms with Crippen molar-refractivity contribution in [1.29, 1.82) is 0 Å². The predicted octanol–water partition coefficient (Wildman–Crippen LogP) is 5.41. The Hall–Kier alpha value is -4.22. The number of carboxylic acid groups (broad SMARTS) is 1. The van der Waals surface area contributed by atoms with Crippen LogP contribution in [0, 0.1) is 0 Å². The van der Waals surface area contributed by atoms with Crippen molar-refractivity contribution in [3.05, 3.63) is 81.6 Å². The Kier molecular flexibility index (Phi) is 8.76. The molecule has 2 fully saturated rings. The van der Waals surface area contributed by atoms with E-state index in [4.69, 9.17) is 47.8 Å². The van der Waals surface area contributed by atoms with Gasteiger partial charge in [0.2, 0.25) is 11.8 Å². The second kappa shape index (κ2) is 13.0. The van der Waals surface area contributed by atoms with Crippen molar-refractivity contribution in [2.24, 2.45) is 0 Å². The number of ether oxygens (including phenoxy) is 2. The molecule has 2 saturated heterocycles. The van der Waals surface area contributed by atoms with Crippen molar-refractivity contribution >= 4 is 35.1 Å². The highest BCUT2D eigenvalue weighted by molar-refractivity contribution is 6.39. The van der Waals surface area contributed by atoms with Gasteiger partial charge in [0.1, 0.15) is 11.4 Å². The van der Waals surface area contributed by atoms with Gasteiger partial charge in [-0.15, -0.1) is 0 Å². The number of nitrogens with zero attached hydrogens (tertiary/aromatic N) is 3. The highest BCUT2D eigenvalue weighted by Gasteiger charge is 2.47. The third-order valence-corrected chi connectivity index (χ3v) is 10.3. The molecule has 1 amide bonds.